The lowest BCUT2D eigenvalue weighted by Gasteiger charge is -2.27. The highest BCUT2D eigenvalue weighted by atomic mass is 16.5. The highest BCUT2D eigenvalue weighted by molar-refractivity contribution is 5.46. The van der Waals surface area contributed by atoms with Gasteiger partial charge in [-0.2, -0.15) is 15.0 Å². The first-order valence-electron chi connectivity index (χ1n) is 8.57. The van der Waals surface area contributed by atoms with E-state index < -0.39 is 0 Å². The van der Waals surface area contributed by atoms with E-state index in [9.17, 15) is 20.4 Å². The molecule has 0 fully saturated rings. The first kappa shape index (κ1) is 23.2. The van der Waals surface area contributed by atoms with Crippen LogP contribution < -0.4 is 14.7 Å². The van der Waals surface area contributed by atoms with Gasteiger partial charge in [0.25, 0.3) is 0 Å². The van der Waals surface area contributed by atoms with Crippen LogP contribution >= 0.6 is 0 Å². The standard InChI is InChI=1S/C15H30N6O6/c1-26-11-20(5-9-24)14-16-13(19(3-7-22)4-8-23)17-15(18-14)21(6-10-25)12-27-2/h22-25H,3-12H2,1-2H3. The predicted molar refractivity (Wildman–Crippen MR) is 98.8 cm³/mol. The Labute approximate surface area is 158 Å². The van der Waals surface area contributed by atoms with E-state index >= 15 is 0 Å². The van der Waals surface area contributed by atoms with E-state index in [1.54, 1.807) is 14.7 Å². The molecule has 0 saturated heterocycles. The van der Waals surface area contributed by atoms with Crippen molar-refractivity contribution >= 4 is 17.8 Å². The Balaban J connectivity index is 3.38. The molecular formula is C15H30N6O6. The molecule has 1 rings (SSSR count). The molecule has 0 amide bonds. The summed E-state index contributed by atoms with van der Waals surface area (Å²) in [5.74, 6) is 0.757. The minimum Gasteiger partial charge on any atom is -0.395 e. The number of aliphatic hydroxyl groups excluding tert-OH is 4. The van der Waals surface area contributed by atoms with E-state index in [1.165, 1.54) is 14.2 Å². The van der Waals surface area contributed by atoms with Crippen molar-refractivity contribution in [2.24, 2.45) is 0 Å². The van der Waals surface area contributed by atoms with Gasteiger partial charge < -0.3 is 44.6 Å². The first-order chi connectivity index (χ1) is 13.1. The second-order valence-corrected chi connectivity index (χ2v) is 5.48. The molecule has 0 atom stereocenters. The van der Waals surface area contributed by atoms with Crippen LogP contribution in [0.2, 0.25) is 0 Å². The fourth-order valence-corrected chi connectivity index (χ4v) is 2.32. The summed E-state index contributed by atoms with van der Waals surface area (Å²) in [5, 5.41) is 37.2. The van der Waals surface area contributed by atoms with Crippen molar-refractivity contribution in [2.75, 3.05) is 95.0 Å². The minimum atomic E-state index is -0.146. The van der Waals surface area contributed by atoms with Crippen LogP contribution in [0.5, 0.6) is 0 Å². The van der Waals surface area contributed by atoms with Crippen LogP contribution in [-0.2, 0) is 9.47 Å². The highest BCUT2D eigenvalue weighted by Crippen LogP contribution is 2.19. The summed E-state index contributed by atoms with van der Waals surface area (Å²) < 4.78 is 10.3. The van der Waals surface area contributed by atoms with Crippen molar-refractivity contribution in [3.05, 3.63) is 0 Å². The number of rotatable bonds is 15. The number of hydrogen-bond acceptors (Lipinski definition) is 12. The Morgan fingerprint density at radius 3 is 1.19 bits per heavy atom. The average molecular weight is 390 g/mol. The molecule has 0 aliphatic rings. The van der Waals surface area contributed by atoms with Crippen LogP contribution in [-0.4, -0.2) is 116 Å². The lowest BCUT2D eigenvalue weighted by molar-refractivity contribution is 0.185. The summed E-state index contributed by atoms with van der Waals surface area (Å²) in [6.45, 7) is 0.657. The van der Waals surface area contributed by atoms with Crippen LogP contribution in [0.25, 0.3) is 0 Å². The normalized spacial score (nSPS) is 10.9. The third-order valence-electron chi connectivity index (χ3n) is 3.50. The van der Waals surface area contributed by atoms with Crippen molar-refractivity contribution in [1.82, 2.24) is 15.0 Å². The Bertz CT molecular complexity index is 424. The third-order valence-corrected chi connectivity index (χ3v) is 3.50. The molecule has 12 heteroatoms. The fourth-order valence-electron chi connectivity index (χ4n) is 2.32. The quantitative estimate of drug-likeness (QED) is 0.234. The Morgan fingerprint density at radius 2 is 0.889 bits per heavy atom. The molecule has 0 radical (unpaired) electrons. The molecule has 0 saturated carbocycles. The van der Waals surface area contributed by atoms with Crippen LogP contribution in [0.15, 0.2) is 0 Å². The van der Waals surface area contributed by atoms with Crippen molar-refractivity contribution < 1.29 is 29.9 Å². The lowest BCUT2D eigenvalue weighted by Crippen LogP contribution is -2.36. The zero-order valence-electron chi connectivity index (χ0n) is 15.9. The monoisotopic (exact) mass is 390 g/mol. The Kier molecular flexibility index (Phi) is 11.5. The smallest absolute Gasteiger partial charge is 0.233 e. The number of anilines is 3. The van der Waals surface area contributed by atoms with Gasteiger partial charge in [-0.3, -0.25) is 0 Å². The molecule has 0 aromatic carbocycles. The van der Waals surface area contributed by atoms with Gasteiger partial charge in [-0.25, -0.2) is 0 Å². The number of ether oxygens (including phenoxy) is 2. The molecule has 27 heavy (non-hydrogen) atoms. The van der Waals surface area contributed by atoms with Crippen LogP contribution in [0, 0.1) is 0 Å². The Hall–Kier alpha value is -1.83. The van der Waals surface area contributed by atoms with Crippen LogP contribution in [0.1, 0.15) is 0 Å². The zero-order valence-corrected chi connectivity index (χ0v) is 15.9. The van der Waals surface area contributed by atoms with Gasteiger partial charge in [-0.05, 0) is 0 Å². The predicted octanol–water partition coefficient (Wildman–Crippen LogP) is -2.53. The van der Waals surface area contributed by atoms with Gasteiger partial charge in [0.05, 0.1) is 26.4 Å². The molecule has 0 unspecified atom stereocenters. The highest BCUT2D eigenvalue weighted by Gasteiger charge is 2.20. The number of aromatic nitrogens is 3. The van der Waals surface area contributed by atoms with E-state index in [0.717, 1.165) is 0 Å². The number of aliphatic hydroxyl groups is 4. The average Bonchev–Trinajstić information content (AvgIpc) is 2.67. The van der Waals surface area contributed by atoms with E-state index in [-0.39, 0.29) is 83.9 Å². The van der Waals surface area contributed by atoms with E-state index in [4.69, 9.17) is 9.47 Å². The van der Waals surface area contributed by atoms with Gasteiger partial charge >= 0.3 is 0 Å². The summed E-state index contributed by atoms with van der Waals surface area (Å²) in [7, 11) is 3.03. The van der Waals surface area contributed by atoms with E-state index in [0.29, 0.717) is 0 Å². The lowest BCUT2D eigenvalue weighted by atomic mass is 10.5. The fraction of sp³-hybridized carbons (Fsp3) is 0.800. The Morgan fingerprint density at radius 1 is 0.593 bits per heavy atom. The summed E-state index contributed by atoms with van der Waals surface area (Å²) >= 11 is 0. The molecule has 0 spiro atoms. The van der Waals surface area contributed by atoms with Gasteiger partial charge in [0.2, 0.25) is 17.8 Å². The van der Waals surface area contributed by atoms with Crippen molar-refractivity contribution in [1.29, 1.82) is 0 Å². The molecule has 12 nitrogen and oxygen atoms in total. The largest absolute Gasteiger partial charge is 0.395 e. The summed E-state index contributed by atoms with van der Waals surface area (Å²) in [6, 6.07) is 0. The minimum absolute atomic E-state index is 0.130. The molecule has 1 aromatic rings. The van der Waals surface area contributed by atoms with Crippen molar-refractivity contribution in [2.45, 2.75) is 0 Å². The maximum atomic E-state index is 9.31. The molecular weight excluding hydrogens is 360 g/mol. The number of methoxy groups -OCH3 is 2. The molecule has 0 aliphatic heterocycles. The van der Waals surface area contributed by atoms with Crippen LogP contribution in [0.3, 0.4) is 0 Å². The second kappa shape index (κ2) is 13.4. The van der Waals surface area contributed by atoms with E-state index in [1.807, 2.05) is 0 Å². The SMILES string of the molecule is COCN(CCO)c1nc(N(CCO)CCO)nc(N(CCO)COC)n1. The number of nitrogens with zero attached hydrogens (tertiary/aromatic N) is 6. The zero-order chi connectivity index (χ0) is 20.1. The summed E-state index contributed by atoms with van der Waals surface area (Å²) in [4.78, 5) is 18.1. The molecule has 0 bridgehead atoms. The van der Waals surface area contributed by atoms with Crippen LogP contribution in [0.4, 0.5) is 17.8 Å². The van der Waals surface area contributed by atoms with Gasteiger partial charge in [-0.15, -0.1) is 0 Å². The molecule has 156 valence electrons. The molecule has 0 aliphatic carbocycles. The van der Waals surface area contributed by atoms with Gasteiger partial charge in [0, 0.05) is 40.4 Å². The second-order valence-electron chi connectivity index (χ2n) is 5.48. The number of hydrogen-bond donors (Lipinski definition) is 4. The van der Waals surface area contributed by atoms with Crippen molar-refractivity contribution in [3.8, 4) is 0 Å². The maximum absolute atomic E-state index is 9.31. The van der Waals surface area contributed by atoms with Crippen molar-refractivity contribution in [3.63, 3.8) is 0 Å². The van der Waals surface area contributed by atoms with Gasteiger partial charge in [-0.1, -0.05) is 0 Å². The first-order valence-corrected chi connectivity index (χ1v) is 8.57. The topological polar surface area (TPSA) is 148 Å². The van der Waals surface area contributed by atoms with Gasteiger partial charge in [0.1, 0.15) is 13.5 Å². The molecule has 1 aromatic heterocycles. The maximum Gasteiger partial charge on any atom is 0.233 e. The summed E-state index contributed by atoms with van der Waals surface area (Å²) in [6.07, 6.45) is 0. The van der Waals surface area contributed by atoms with E-state index in [2.05, 4.69) is 15.0 Å². The van der Waals surface area contributed by atoms with Gasteiger partial charge in [0.15, 0.2) is 0 Å². The third kappa shape index (κ3) is 7.36. The molecule has 1 heterocycles. The molecule has 4 N–H and O–H groups in total. The summed E-state index contributed by atoms with van der Waals surface area (Å²) in [5.41, 5.74) is 0.